The van der Waals surface area contributed by atoms with Crippen LogP contribution in [0.4, 0.5) is 0 Å². The van der Waals surface area contributed by atoms with E-state index in [0.29, 0.717) is 24.2 Å². The molecule has 4 aliphatic rings. The van der Waals surface area contributed by atoms with Crippen LogP contribution in [0, 0.1) is 34.5 Å². The van der Waals surface area contributed by atoms with E-state index in [9.17, 15) is 9.59 Å². The van der Waals surface area contributed by atoms with Crippen LogP contribution in [0.15, 0.2) is 72.4 Å². The van der Waals surface area contributed by atoms with Crippen molar-refractivity contribution in [2.45, 2.75) is 64.8 Å². The Morgan fingerprint density at radius 1 is 0.919 bits per heavy atom. The second-order valence-corrected chi connectivity index (χ2v) is 12.5. The number of carbonyl (C=O) groups excluding carboxylic acids is 2. The molecule has 0 unspecified atom stereocenters. The summed E-state index contributed by atoms with van der Waals surface area (Å²) in [6, 6.07) is 20.6. The van der Waals surface area contributed by atoms with Gasteiger partial charge in [0.25, 0.3) is 0 Å². The van der Waals surface area contributed by atoms with Crippen molar-refractivity contribution in [1.82, 2.24) is 10.2 Å². The summed E-state index contributed by atoms with van der Waals surface area (Å²) in [5.41, 5.74) is 3.62. The van der Waals surface area contributed by atoms with Gasteiger partial charge in [0.05, 0.1) is 6.04 Å². The van der Waals surface area contributed by atoms with Gasteiger partial charge in [-0.15, -0.1) is 0 Å². The highest BCUT2D eigenvalue weighted by Gasteiger charge is 2.60. The number of amides is 2. The number of hydrogen-bond acceptors (Lipinski definition) is 2. The smallest absolute Gasteiger partial charge is 0.226 e. The third kappa shape index (κ3) is 3.86. The van der Waals surface area contributed by atoms with Crippen LogP contribution < -0.4 is 5.32 Å². The van der Waals surface area contributed by atoms with E-state index in [1.165, 1.54) is 5.70 Å². The highest BCUT2D eigenvalue weighted by atomic mass is 16.2. The second kappa shape index (κ2) is 9.15. The van der Waals surface area contributed by atoms with E-state index in [-0.39, 0.29) is 34.6 Å². The minimum absolute atomic E-state index is 0.0290. The number of nitrogens with one attached hydrogen (secondary N) is 1. The molecule has 1 heterocycles. The first kappa shape index (κ1) is 24.5. The van der Waals surface area contributed by atoms with Crippen molar-refractivity contribution in [3.8, 4) is 0 Å². The lowest BCUT2D eigenvalue weighted by Gasteiger charge is -2.58. The average molecular weight is 497 g/mol. The van der Waals surface area contributed by atoms with E-state index in [2.05, 4.69) is 49.5 Å². The van der Waals surface area contributed by atoms with Gasteiger partial charge in [0.2, 0.25) is 11.8 Å². The van der Waals surface area contributed by atoms with E-state index < -0.39 is 0 Å². The van der Waals surface area contributed by atoms with Gasteiger partial charge >= 0.3 is 0 Å². The predicted octanol–water partition coefficient (Wildman–Crippen LogP) is 6.50. The number of rotatable bonds is 4. The standard InChI is InChI=1S/C33H40N2O2/c1-32-20-18-26-24(14-17-28-33(26,2)21-19-29(36)35(28)3)25(32)15-16-27(32)31(37)34-30(22-10-6-4-7-11-22)23-12-8-5-9-13-23/h4-13,17,24-27,30H,14-16,18-21H2,1-3H3,(H,34,37)/t24-,25-,26-,27+,32-,33+/m0/s1. The molecule has 0 bridgehead atoms. The summed E-state index contributed by atoms with van der Waals surface area (Å²) in [5, 5.41) is 3.49. The molecule has 4 heteroatoms. The van der Waals surface area contributed by atoms with Gasteiger partial charge in [-0.25, -0.2) is 0 Å². The fraction of sp³-hybridized carbons (Fsp3) is 0.515. The number of hydrogen-bond donors (Lipinski definition) is 1. The van der Waals surface area contributed by atoms with E-state index in [1.54, 1.807) is 0 Å². The Hall–Kier alpha value is -2.88. The first-order chi connectivity index (χ1) is 17.8. The number of nitrogens with zero attached hydrogens (tertiary/aromatic N) is 1. The first-order valence-electron chi connectivity index (χ1n) is 14.2. The fourth-order valence-corrected chi connectivity index (χ4v) is 8.90. The molecule has 6 rings (SSSR count). The van der Waals surface area contributed by atoms with Crippen LogP contribution in [-0.2, 0) is 9.59 Å². The molecule has 6 atom stereocenters. The maximum absolute atomic E-state index is 14.0. The summed E-state index contributed by atoms with van der Waals surface area (Å²) >= 11 is 0. The molecule has 0 aromatic heterocycles. The third-order valence-electron chi connectivity index (χ3n) is 10.9. The average Bonchev–Trinajstić information content (AvgIpc) is 3.28. The van der Waals surface area contributed by atoms with Gasteiger partial charge in [-0.3, -0.25) is 9.59 Å². The Labute approximate surface area is 221 Å². The molecule has 37 heavy (non-hydrogen) atoms. The quantitative estimate of drug-likeness (QED) is 0.525. The van der Waals surface area contributed by atoms with Crippen LogP contribution in [-0.4, -0.2) is 23.8 Å². The molecule has 3 fully saturated rings. The Kier molecular flexibility index (Phi) is 6.05. The van der Waals surface area contributed by atoms with Gasteiger partial charge < -0.3 is 10.2 Å². The van der Waals surface area contributed by atoms with Crippen LogP contribution >= 0.6 is 0 Å². The molecule has 1 saturated heterocycles. The zero-order valence-corrected chi connectivity index (χ0v) is 22.5. The van der Waals surface area contributed by atoms with Crippen molar-refractivity contribution >= 4 is 11.8 Å². The SMILES string of the molecule is CN1C(=O)CC[C@@]2(C)C1=CC[C@H]1[C@@H]3CC[C@H](C(=O)NC(c4ccccc4)c4ccccc4)[C@@]3(C)CC[C@@H]12. The Morgan fingerprint density at radius 3 is 2.22 bits per heavy atom. The van der Waals surface area contributed by atoms with Crippen LogP contribution in [0.3, 0.4) is 0 Å². The Balaban J connectivity index is 1.25. The number of carbonyl (C=O) groups is 2. The predicted molar refractivity (Wildman–Crippen MR) is 146 cm³/mol. The minimum atomic E-state index is -0.136. The summed E-state index contributed by atoms with van der Waals surface area (Å²) in [7, 11) is 1.96. The van der Waals surface area contributed by atoms with Crippen molar-refractivity contribution in [3.05, 3.63) is 83.6 Å². The summed E-state index contributed by atoms with van der Waals surface area (Å²) in [6.45, 7) is 4.81. The third-order valence-corrected chi connectivity index (χ3v) is 10.9. The summed E-state index contributed by atoms with van der Waals surface area (Å²) in [4.78, 5) is 28.4. The van der Waals surface area contributed by atoms with E-state index in [1.807, 2.05) is 48.3 Å². The lowest BCUT2D eigenvalue weighted by Crippen LogP contribution is -2.54. The summed E-state index contributed by atoms with van der Waals surface area (Å²) < 4.78 is 0. The van der Waals surface area contributed by atoms with Crippen molar-refractivity contribution in [2.24, 2.45) is 34.5 Å². The maximum atomic E-state index is 14.0. The molecule has 1 aliphatic heterocycles. The van der Waals surface area contributed by atoms with Gasteiger partial charge in [-0.2, -0.15) is 0 Å². The number of likely N-dealkylation sites (tertiary alicyclic amines) is 1. The summed E-state index contributed by atoms with van der Waals surface area (Å²) in [6.07, 6.45) is 9.38. The molecule has 2 amide bonds. The normalized spacial score (nSPS) is 34.9. The molecule has 0 radical (unpaired) electrons. The van der Waals surface area contributed by atoms with E-state index >= 15 is 0 Å². The summed E-state index contributed by atoms with van der Waals surface area (Å²) in [5.74, 6) is 2.28. The van der Waals surface area contributed by atoms with Gasteiger partial charge in [-0.05, 0) is 72.8 Å². The molecule has 2 aromatic rings. The zero-order chi connectivity index (χ0) is 25.8. The van der Waals surface area contributed by atoms with Crippen molar-refractivity contribution in [3.63, 3.8) is 0 Å². The van der Waals surface area contributed by atoms with Crippen LogP contribution in [0.25, 0.3) is 0 Å². The minimum Gasteiger partial charge on any atom is -0.345 e. The van der Waals surface area contributed by atoms with Crippen LogP contribution in [0.5, 0.6) is 0 Å². The highest BCUT2D eigenvalue weighted by molar-refractivity contribution is 5.81. The van der Waals surface area contributed by atoms with E-state index in [4.69, 9.17) is 0 Å². The molecule has 2 saturated carbocycles. The number of fused-ring (bicyclic) bond motifs is 5. The van der Waals surface area contributed by atoms with Crippen molar-refractivity contribution < 1.29 is 9.59 Å². The lowest BCUT2D eigenvalue weighted by molar-refractivity contribution is -0.138. The molecule has 2 aromatic carbocycles. The Morgan fingerprint density at radius 2 is 1.57 bits per heavy atom. The number of allylic oxidation sites excluding steroid dienone is 2. The zero-order valence-electron chi connectivity index (χ0n) is 22.5. The highest BCUT2D eigenvalue weighted by Crippen LogP contribution is 2.66. The van der Waals surface area contributed by atoms with E-state index in [0.717, 1.165) is 49.7 Å². The second-order valence-electron chi connectivity index (χ2n) is 12.5. The van der Waals surface area contributed by atoms with Gasteiger partial charge in [0.1, 0.15) is 0 Å². The Bertz CT molecular complexity index is 1170. The fourth-order valence-electron chi connectivity index (χ4n) is 8.90. The number of piperidine rings is 1. The molecule has 1 N–H and O–H groups in total. The van der Waals surface area contributed by atoms with Gasteiger partial charge in [0, 0.05) is 30.5 Å². The molecule has 0 spiro atoms. The molecule has 194 valence electrons. The molecule has 3 aliphatic carbocycles. The largest absolute Gasteiger partial charge is 0.345 e. The van der Waals surface area contributed by atoms with Crippen LogP contribution in [0.1, 0.15) is 76.0 Å². The maximum Gasteiger partial charge on any atom is 0.226 e. The molecular weight excluding hydrogens is 456 g/mol. The van der Waals surface area contributed by atoms with Crippen LogP contribution in [0.2, 0.25) is 0 Å². The first-order valence-corrected chi connectivity index (χ1v) is 14.2. The monoisotopic (exact) mass is 496 g/mol. The van der Waals surface area contributed by atoms with Crippen molar-refractivity contribution in [2.75, 3.05) is 7.05 Å². The topological polar surface area (TPSA) is 49.4 Å². The van der Waals surface area contributed by atoms with Gasteiger partial charge in [-0.1, -0.05) is 80.6 Å². The molecule has 4 nitrogen and oxygen atoms in total. The van der Waals surface area contributed by atoms with Gasteiger partial charge in [0.15, 0.2) is 0 Å². The molecular formula is C33H40N2O2. The lowest BCUT2D eigenvalue weighted by atomic mass is 9.49. The van der Waals surface area contributed by atoms with Crippen molar-refractivity contribution in [1.29, 1.82) is 0 Å². The number of benzene rings is 2.